The van der Waals surface area contributed by atoms with E-state index >= 15 is 0 Å². The minimum atomic E-state index is -0.557. The van der Waals surface area contributed by atoms with Crippen LogP contribution >= 0.6 is 0 Å². The van der Waals surface area contributed by atoms with E-state index in [0.717, 1.165) is 51.5 Å². The largest absolute Gasteiger partial charge is 0.492 e. The molecular formula is C35H50N6O4. The molecule has 244 valence electrons. The smallest absolute Gasteiger partial charge is 0.277 e. The van der Waals surface area contributed by atoms with Crippen molar-refractivity contribution in [2.24, 2.45) is 4.99 Å². The number of hydrogen-bond donors (Lipinski definition) is 3. The van der Waals surface area contributed by atoms with Gasteiger partial charge < -0.3 is 19.7 Å². The molecule has 1 unspecified atom stereocenters. The van der Waals surface area contributed by atoms with Gasteiger partial charge in [0.2, 0.25) is 0 Å². The Balaban J connectivity index is 0.000000212. The normalized spacial score (nSPS) is 19.3. The zero-order valence-electron chi connectivity index (χ0n) is 26.9. The van der Waals surface area contributed by atoms with E-state index in [2.05, 4.69) is 94.1 Å². The summed E-state index contributed by atoms with van der Waals surface area (Å²) >= 11 is 0. The highest BCUT2D eigenvalue weighted by atomic mass is 16.5. The Labute approximate surface area is 268 Å². The quantitative estimate of drug-likeness (QED) is 0.230. The molecule has 2 aromatic carbocycles. The standard InChI is InChI=1S/C20H25NO.C10H17N5O2.C4H6.CH2O/c1-2-17-9-11-18(12-10-17)19-7-3-4-8-20(19)22-16-15-21-13-5-6-14-21;1-14-2-4-15(5-3-14)10-11-6-8(7-12-10)9(16)13-17;1-4-2-3-4;1-2/h3-4,7-12H,2,5-6,13-16H2,1H3;6-7,10-11,17H,2-5H2,1H3,(H,13,16);1-3H2;1H2. The molecule has 0 bridgehead atoms. The van der Waals surface area contributed by atoms with Crippen LogP contribution in [-0.4, -0.2) is 105 Å². The summed E-state index contributed by atoms with van der Waals surface area (Å²) in [6, 6.07) is 17.2. The fourth-order valence-electron chi connectivity index (χ4n) is 4.98. The molecule has 1 atom stereocenters. The van der Waals surface area contributed by atoms with Crippen LogP contribution in [0.25, 0.3) is 11.1 Å². The fraction of sp³-hybridized carbons (Fsp3) is 0.457. The van der Waals surface area contributed by atoms with Crippen molar-refractivity contribution < 1.29 is 19.5 Å². The van der Waals surface area contributed by atoms with Gasteiger partial charge in [-0.2, -0.15) is 0 Å². The minimum Gasteiger partial charge on any atom is -0.492 e. The highest BCUT2D eigenvalue weighted by molar-refractivity contribution is 6.11. The molecule has 2 aromatic rings. The Bertz CT molecular complexity index is 1250. The van der Waals surface area contributed by atoms with E-state index in [4.69, 9.17) is 14.7 Å². The number of para-hydroxylation sites is 1. The van der Waals surface area contributed by atoms with Crippen LogP contribution in [0.3, 0.4) is 0 Å². The molecule has 10 nitrogen and oxygen atoms in total. The number of benzene rings is 2. The van der Waals surface area contributed by atoms with Crippen molar-refractivity contribution in [3.8, 4) is 16.9 Å². The number of piperazine rings is 1. The Kier molecular flexibility index (Phi) is 15.5. The number of hydroxylamine groups is 1. The fourth-order valence-corrected chi connectivity index (χ4v) is 4.98. The molecule has 3 N–H and O–H groups in total. The van der Waals surface area contributed by atoms with Gasteiger partial charge in [-0.1, -0.05) is 61.5 Å². The van der Waals surface area contributed by atoms with Crippen LogP contribution in [0, 0.1) is 0 Å². The third-order valence-electron chi connectivity index (χ3n) is 8.02. The Morgan fingerprint density at radius 2 is 1.67 bits per heavy atom. The number of rotatable bonds is 8. The van der Waals surface area contributed by atoms with E-state index in [9.17, 15) is 4.79 Å². The van der Waals surface area contributed by atoms with E-state index in [-0.39, 0.29) is 6.29 Å². The summed E-state index contributed by atoms with van der Waals surface area (Å²) < 4.78 is 6.07. The second-order valence-corrected chi connectivity index (χ2v) is 11.4. The summed E-state index contributed by atoms with van der Waals surface area (Å²) in [5.41, 5.74) is 7.10. The molecule has 4 aliphatic rings. The van der Waals surface area contributed by atoms with Gasteiger partial charge in [-0.05, 0) is 69.4 Å². The summed E-state index contributed by atoms with van der Waals surface area (Å²) in [6.45, 7) is 16.0. The van der Waals surface area contributed by atoms with Crippen LogP contribution in [0.1, 0.15) is 38.2 Å². The number of carbonyl (C=O) groups is 2. The van der Waals surface area contributed by atoms with Gasteiger partial charge in [0.25, 0.3) is 5.91 Å². The number of nitrogens with one attached hydrogen (secondary N) is 2. The topological polar surface area (TPSA) is 110 Å². The predicted molar refractivity (Wildman–Crippen MR) is 180 cm³/mol. The van der Waals surface area contributed by atoms with Crippen LogP contribution in [0.2, 0.25) is 0 Å². The van der Waals surface area contributed by atoms with Crippen molar-refractivity contribution in [1.82, 2.24) is 25.5 Å². The first-order valence-electron chi connectivity index (χ1n) is 15.8. The summed E-state index contributed by atoms with van der Waals surface area (Å²) in [6.07, 6.45) is 9.26. The van der Waals surface area contributed by atoms with Gasteiger partial charge in [-0.15, -0.1) is 0 Å². The Morgan fingerprint density at radius 3 is 2.22 bits per heavy atom. The zero-order chi connectivity index (χ0) is 32.4. The predicted octanol–water partition coefficient (Wildman–Crippen LogP) is 4.12. The molecular weight excluding hydrogens is 568 g/mol. The number of likely N-dealkylation sites (tertiary alicyclic amines) is 1. The monoisotopic (exact) mass is 618 g/mol. The molecule has 0 aromatic heterocycles. The number of ether oxygens (including phenoxy) is 1. The van der Waals surface area contributed by atoms with Gasteiger partial charge in [-0.25, -0.2) is 5.48 Å². The molecule has 3 fully saturated rings. The maximum Gasteiger partial charge on any atom is 0.277 e. The molecule has 3 heterocycles. The van der Waals surface area contributed by atoms with Gasteiger partial charge in [0, 0.05) is 50.7 Å². The highest BCUT2D eigenvalue weighted by Gasteiger charge is 2.23. The zero-order valence-corrected chi connectivity index (χ0v) is 26.9. The van der Waals surface area contributed by atoms with Gasteiger partial charge in [-0.3, -0.25) is 24.8 Å². The second kappa shape index (κ2) is 19.5. The molecule has 3 aliphatic heterocycles. The van der Waals surface area contributed by atoms with Crippen molar-refractivity contribution in [2.75, 3.05) is 59.5 Å². The van der Waals surface area contributed by atoms with E-state index in [1.165, 1.54) is 67.3 Å². The van der Waals surface area contributed by atoms with Crippen LogP contribution in [0.4, 0.5) is 0 Å². The first-order valence-corrected chi connectivity index (χ1v) is 15.8. The van der Waals surface area contributed by atoms with E-state index in [1.807, 2.05) is 6.79 Å². The lowest BCUT2D eigenvalue weighted by Gasteiger charge is -2.36. The van der Waals surface area contributed by atoms with Crippen molar-refractivity contribution in [2.45, 2.75) is 45.3 Å². The summed E-state index contributed by atoms with van der Waals surface area (Å²) in [4.78, 5) is 30.3. The SMILES string of the molecule is C=C1CC1.C=O.CCc1ccc(-c2ccccc2OCCN2CCCC2)cc1.CN1CCN(C2N=CC(C(=O)NO)=CN2)CC1. The van der Waals surface area contributed by atoms with Crippen LogP contribution in [0.15, 0.2) is 77.4 Å². The first kappa shape index (κ1) is 35.6. The minimum absolute atomic E-state index is 0.112. The summed E-state index contributed by atoms with van der Waals surface area (Å²) in [7, 11) is 2.10. The van der Waals surface area contributed by atoms with Crippen molar-refractivity contribution in [3.05, 3.63) is 78.0 Å². The van der Waals surface area contributed by atoms with Crippen molar-refractivity contribution in [1.29, 1.82) is 0 Å². The van der Waals surface area contributed by atoms with Gasteiger partial charge in [0.15, 0.2) is 6.29 Å². The number of nitrogens with zero attached hydrogens (tertiary/aromatic N) is 4. The van der Waals surface area contributed by atoms with Gasteiger partial charge in [0.05, 0.1) is 5.57 Å². The molecule has 1 amide bonds. The molecule has 2 saturated heterocycles. The van der Waals surface area contributed by atoms with Gasteiger partial charge >= 0.3 is 0 Å². The third-order valence-corrected chi connectivity index (χ3v) is 8.02. The molecule has 6 rings (SSSR count). The lowest BCUT2D eigenvalue weighted by molar-refractivity contribution is -0.124. The van der Waals surface area contributed by atoms with E-state index < -0.39 is 5.91 Å². The van der Waals surface area contributed by atoms with E-state index in [1.54, 1.807) is 11.7 Å². The average Bonchev–Trinajstić information content (AvgIpc) is 3.71. The second-order valence-electron chi connectivity index (χ2n) is 11.4. The number of amides is 1. The molecule has 45 heavy (non-hydrogen) atoms. The number of aryl methyl sites for hydroxylation is 1. The molecule has 1 aliphatic carbocycles. The molecule has 1 saturated carbocycles. The average molecular weight is 619 g/mol. The number of aliphatic imine (C=N–C) groups is 1. The van der Waals surface area contributed by atoms with Crippen molar-refractivity contribution >= 4 is 18.9 Å². The Morgan fingerprint density at radius 1 is 1.02 bits per heavy atom. The summed E-state index contributed by atoms with van der Waals surface area (Å²) in [5.74, 6) is 0.434. The first-order chi connectivity index (χ1) is 22.0. The molecule has 10 heteroatoms. The number of hydrogen-bond acceptors (Lipinski definition) is 9. The molecule has 0 radical (unpaired) electrons. The lowest BCUT2D eigenvalue weighted by Crippen LogP contribution is -2.53. The van der Waals surface area contributed by atoms with Crippen molar-refractivity contribution in [3.63, 3.8) is 0 Å². The highest BCUT2D eigenvalue weighted by Crippen LogP contribution is 2.30. The maximum absolute atomic E-state index is 11.1. The van der Waals surface area contributed by atoms with E-state index in [0.29, 0.717) is 5.57 Å². The maximum atomic E-state index is 11.1. The Hall–Kier alpha value is -3.83. The molecule has 0 spiro atoms. The van der Waals surface area contributed by atoms with Crippen LogP contribution in [-0.2, 0) is 16.0 Å². The van der Waals surface area contributed by atoms with Crippen LogP contribution in [0.5, 0.6) is 5.75 Å². The third kappa shape index (κ3) is 12.2. The van der Waals surface area contributed by atoms with Crippen LogP contribution < -0.4 is 15.5 Å². The van der Waals surface area contributed by atoms with Gasteiger partial charge in [0.1, 0.15) is 19.1 Å². The summed E-state index contributed by atoms with van der Waals surface area (Å²) in [5, 5.41) is 11.5. The number of allylic oxidation sites excluding steroid dienone is 1. The number of likely N-dealkylation sites (N-methyl/N-ethyl adjacent to an activating group) is 1. The number of carbonyl (C=O) groups excluding carboxylic acids is 2. The lowest BCUT2D eigenvalue weighted by atomic mass is 10.0.